The number of pyridine rings is 1. The maximum atomic E-state index is 11.8. The molecule has 1 aliphatic carbocycles. The largest absolute Gasteiger partial charge is 0.363 e. The lowest BCUT2D eigenvalue weighted by molar-refractivity contribution is -0.117. The molecule has 0 saturated heterocycles. The highest BCUT2D eigenvalue weighted by atomic mass is 35.5. The van der Waals surface area contributed by atoms with Gasteiger partial charge in [-0.3, -0.25) is 4.79 Å². The molecule has 4 rings (SSSR count). The fraction of sp³-hybridized carbons (Fsp3) is 0.238. The number of hydrogen-bond acceptors (Lipinski definition) is 3. The molecule has 2 N–H and O–H groups in total. The van der Waals surface area contributed by atoms with Crippen molar-refractivity contribution >= 4 is 39.8 Å². The van der Waals surface area contributed by atoms with Crippen LogP contribution in [0.25, 0.3) is 10.8 Å². The minimum absolute atomic E-state index is 0.0629. The molecular formula is C21H20ClN3O. The first-order chi connectivity index (χ1) is 12.6. The first kappa shape index (κ1) is 16.9. The van der Waals surface area contributed by atoms with Gasteiger partial charge in [0.15, 0.2) is 0 Å². The third kappa shape index (κ3) is 3.65. The van der Waals surface area contributed by atoms with E-state index < -0.39 is 0 Å². The van der Waals surface area contributed by atoms with E-state index in [0.29, 0.717) is 5.15 Å². The highest BCUT2D eigenvalue weighted by Crippen LogP contribution is 2.30. The summed E-state index contributed by atoms with van der Waals surface area (Å²) in [4.78, 5) is 16.3. The minimum atomic E-state index is 0.0629. The smallest absolute Gasteiger partial charge is 0.227 e. The van der Waals surface area contributed by atoms with E-state index in [2.05, 4.69) is 22.5 Å². The molecule has 0 radical (unpaired) electrons. The van der Waals surface area contributed by atoms with Gasteiger partial charge in [-0.25, -0.2) is 4.98 Å². The van der Waals surface area contributed by atoms with Crippen molar-refractivity contribution in [2.24, 2.45) is 5.92 Å². The van der Waals surface area contributed by atoms with Gasteiger partial charge in [-0.15, -0.1) is 0 Å². The molecule has 1 atom stereocenters. The van der Waals surface area contributed by atoms with Gasteiger partial charge < -0.3 is 10.6 Å². The van der Waals surface area contributed by atoms with Crippen molar-refractivity contribution in [1.82, 2.24) is 4.98 Å². The van der Waals surface area contributed by atoms with E-state index in [4.69, 9.17) is 11.6 Å². The third-order valence-corrected chi connectivity index (χ3v) is 4.97. The molecular weight excluding hydrogens is 346 g/mol. The molecule has 0 bridgehead atoms. The molecule has 1 fully saturated rings. The van der Waals surface area contributed by atoms with Crippen LogP contribution in [0.1, 0.15) is 31.4 Å². The summed E-state index contributed by atoms with van der Waals surface area (Å²) in [7, 11) is 0. The number of hydrogen-bond donors (Lipinski definition) is 2. The van der Waals surface area contributed by atoms with E-state index in [0.717, 1.165) is 40.7 Å². The second-order valence-electron chi connectivity index (χ2n) is 6.77. The predicted molar refractivity (Wildman–Crippen MR) is 107 cm³/mol. The second-order valence-corrected chi connectivity index (χ2v) is 7.13. The fourth-order valence-electron chi connectivity index (χ4n) is 2.98. The number of rotatable bonds is 5. The van der Waals surface area contributed by atoms with E-state index in [1.54, 1.807) is 0 Å². The van der Waals surface area contributed by atoms with Crippen LogP contribution in [0.4, 0.5) is 11.5 Å². The third-order valence-electron chi connectivity index (χ3n) is 4.68. The van der Waals surface area contributed by atoms with Gasteiger partial charge in [-0.05, 0) is 48.9 Å². The summed E-state index contributed by atoms with van der Waals surface area (Å²) >= 11 is 6.30. The van der Waals surface area contributed by atoms with Crippen LogP contribution in [-0.2, 0) is 4.79 Å². The number of carbonyl (C=O) groups excluding carboxylic acids is 1. The molecule has 1 aliphatic rings. The van der Waals surface area contributed by atoms with Crippen LogP contribution in [0.3, 0.4) is 0 Å². The van der Waals surface area contributed by atoms with E-state index >= 15 is 0 Å². The number of benzene rings is 2. The zero-order chi connectivity index (χ0) is 18.1. The van der Waals surface area contributed by atoms with Crippen molar-refractivity contribution in [2.75, 3.05) is 10.6 Å². The van der Waals surface area contributed by atoms with Crippen LogP contribution < -0.4 is 10.6 Å². The Hall–Kier alpha value is -2.59. The lowest BCUT2D eigenvalue weighted by Gasteiger charge is -2.16. The predicted octanol–water partition coefficient (Wildman–Crippen LogP) is 5.41. The molecule has 0 spiro atoms. The van der Waals surface area contributed by atoms with Gasteiger partial charge >= 0.3 is 0 Å². The molecule has 1 amide bonds. The van der Waals surface area contributed by atoms with Crippen LogP contribution in [0, 0.1) is 5.92 Å². The Kier molecular flexibility index (Phi) is 4.51. The average molecular weight is 366 g/mol. The Morgan fingerprint density at radius 1 is 1.15 bits per heavy atom. The Labute approximate surface area is 157 Å². The van der Waals surface area contributed by atoms with Gasteiger partial charge in [-0.1, -0.05) is 48.0 Å². The normalized spacial score (nSPS) is 14.8. The highest BCUT2D eigenvalue weighted by Gasteiger charge is 2.29. The summed E-state index contributed by atoms with van der Waals surface area (Å²) in [6, 6.07) is 17.9. The average Bonchev–Trinajstić information content (AvgIpc) is 3.47. The number of halogens is 1. The molecule has 132 valence electrons. The Morgan fingerprint density at radius 2 is 1.88 bits per heavy atom. The van der Waals surface area contributed by atoms with Crippen molar-refractivity contribution in [1.29, 1.82) is 0 Å². The van der Waals surface area contributed by atoms with Gasteiger partial charge in [0.2, 0.25) is 5.91 Å². The number of carbonyl (C=O) groups is 1. The van der Waals surface area contributed by atoms with Gasteiger partial charge in [0.25, 0.3) is 0 Å². The van der Waals surface area contributed by atoms with Gasteiger partial charge in [-0.2, -0.15) is 0 Å². The first-order valence-electron chi connectivity index (χ1n) is 8.83. The molecule has 3 aromatic rings. The number of nitrogens with one attached hydrogen (secondary N) is 2. The Bertz CT molecular complexity index is 951. The molecule has 1 heterocycles. The first-order valence-corrected chi connectivity index (χ1v) is 9.20. The van der Waals surface area contributed by atoms with E-state index in [1.165, 1.54) is 0 Å². The summed E-state index contributed by atoms with van der Waals surface area (Å²) in [5.41, 5.74) is 1.95. The zero-order valence-electron chi connectivity index (χ0n) is 14.5. The highest BCUT2D eigenvalue weighted by molar-refractivity contribution is 6.34. The molecule has 2 aromatic carbocycles. The van der Waals surface area contributed by atoms with Gasteiger partial charge in [0, 0.05) is 23.0 Å². The fourth-order valence-corrected chi connectivity index (χ4v) is 3.24. The van der Waals surface area contributed by atoms with E-state index in [-0.39, 0.29) is 17.9 Å². The maximum absolute atomic E-state index is 11.8. The summed E-state index contributed by atoms with van der Waals surface area (Å²) < 4.78 is 0. The summed E-state index contributed by atoms with van der Waals surface area (Å²) in [5.74, 6) is 1.07. The van der Waals surface area contributed by atoms with Crippen LogP contribution in [0.5, 0.6) is 0 Å². The number of amides is 1. The lowest BCUT2D eigenvalue weighted by Crippen LogP contribution is -2.13. The number of fused-ring (bicyclic) bond motifs is 1. The minimum Gasteiger partial charge on any atom is -0.363 e. The van der Waals surface area contributed by atoms with Crippen molar-refractivity contribution in [3.8, 4) is 0 Å². The molecule has 0 unspecified atom stereocenters. The quantitative estimate of drug-likeness (QED) is 0.594. The van der Waals surface area contributed by atoms with Crippen molar-refractivity contribution in [3.05, 3.63) is 65.3 Å². The van der Waals surface area contributed by atoms with Crippen molar-refractivity contribution in [3.63, 3.8) is 0 Å². The van der Waals surface area contributed by atoms with Gasteiger partial charge in [0.05, 0.1) is 0 Å². The summed E-state index contributed by atoms with van der Waals surface area (Å²) in [6.45, 7) is 2.07. The molecule has 26 heavy (non-hydrogen) atoms. The lowest BCUT2D eigenvalue weighted by atomic mass is 10.1. The standard InChI is InChI=1S/C21H20ClN3O/c1-13(14-8-10-17(11-9-14)24-21(26)15-6-7-15)23-19-12-16-4-2-3-5-18(16)20(22)25-19/h2-5,8-13,15H,6-7H2,1H3,(H,23,25)(H,24,26)/t13-/m1/s1. The maximum Gasteiger partial charge on any atom is 0.227 e. The number of nitrogens with zero attached hydrogens (tertiary/aromatic N) is 1. The van der Waals surface area contributed by atoms with Crippen molar-refractivity contribution in [2.45, 2.75) is 25.8 Å². The molecule has 5 heteroatoms. The van der Waals surface area contributed by atoms with Crippen LogP contribution in [0.2, 0.25) is 5.15 Å². The molecule has 4 nitrogen and oxygen atoms in total. The van der Waals surface area contributed by atoms with Crippen LogP contribution >= 0.6 is 11.6 Å². The SMILES string of the molecule is C[C@@H](Nc1cc2ccccc2c(Cl)n1)c1ccc(NC(=O)C2CC2)cc1. The van der Waals surface area contributed by atoms with E-state index in [1.807, 2.05) is 54.6 Å². The zero-order valence-corrected chi connectivity index (χ0v) is 15.3. The Morgan fingerprint density at radius 3 is 2.62 bits per heavy atom. The monoisotopic (exact) mass is 365 g/mol. The molecule has 1 saturated carbocycles. The molecule has 1 aromatic heterocycles. The molecule has 0 aliphatic heterocycles. The number of anilines is 2. The summed E-state index contributed by atoms with van der Waals surface area (Å²) in [5, 5.41) is 8.85. The van der Waals surface area contributed by atoms with Crippen LogP contribution in [-0.4, -0.2) is 10.9 Å². The topological polar surface area (TPSA) is 54.0 Å². The van der Waals surface area contributed by atoms with Crippen molar-refractivity contribution < 1.29 is 4.79 Å². The van der Waals surface area contributed by atoms with Crippen LogP contribution in [0.15, 0.2) is 54.6 Å². The number of aromatic nitrogens is 1. The Balaban J connectivity index is 1.47. The second kappa shape index (κ2) is 6.96. The summed E-state index contributed by atoms with van der Waals surface area (Å²) in [6.07, 6.45) is 2.01. The van der Waals surface area contributed by atoms with Gasteiger partial charge in [0.1, 0.15) is 11.0 Å². The van der Waals surface area contributed by atoms with E-state index in [9.17, 15) is 4.79 Å².